The number of amides is 2. The molecule has 2 N–H and O–H groups in total. The Bertz CT molecular complexity index is 783. The van der Waals surface area contributed by atoms with Crippen LogP contribution >= 0.6 is 0 Å². The largest absolute Gasteiger partial charge is 0.489 e. The Hall–Kier alpha value is -2.11. The minimum Gasteiger partial charge on any atom is -0.489 e. The molecule has 1 aromatic rings. The zero-order valence-electron chi connectivity index (χ0n) is 18.4. The van der Waals surface area contributed by atoms with Crippen LogP contribution in [0.15, 0.2) is 18.3 Å². The Morgan fingerprint density at radius 2 is 1.71 bits per heavy atom. The molecule has 0 aliphatic heterocycles. The molecule has 4 bridgehead atoms. The topological polar surface area (TPSA) is 80.3 Å². The van der Waals surface area contributed by atoms with Gasteiger partial charge in [-0.25, -0.2) is 4.98 Å². The van der Waals surface area contributed by atoms with E-state index in [0.29, 0.717) is 41.8 Å². The van der Waals surface area contributed by atoms with Crippen molar-refractivity contribution < 1.29 is 14.3 Å². The van der Waals surface area contributed by atoms with Crippen LogP contribution < -0.4 is 15.4 Å². The number of nitrogens with zero attached hydrogens (tertiary/aromatic N) is 1. The molecule has 0 atom stereocenters. The second-order valence-electron chi connectivity index (χ2n) is 10.6. The minimum atomic E-state index is -0.251. The van der Waals surface area contributed by atoms with Crippen molar-refractivity contribution in [3.8, 4) is 5.75 Å². The SMILES string of the molecule is O=C(CNC(=O)C12CC3CC(CC(C3)C1)C2)Nc1ncccc1OCC1CCCCC1. The van der Waals surface area contributed by atoms with E-state index >= 15 is 0 Å². The Morgan fingerprint density at radius 3 is 2.39 bits per heavy atom. The zero-order valence-corrected chi connectivity index (χ0v) is 18.4. The number of hydrogen-bond acceptors (Lipinski definition) is 4. The molecule has 1 aromatic heterocycles. The maximum Gasteiger partial charge on any atom is 0.245 e. The van der Waals surface area contributed by atoms with Gasteiger partial charge < -0.3 is 15.4 Å². The van der Waals surface area contributed by atoms with Gasteiger partial charge in [0.15, 0.2) is 11.6 Å². The molecular weight excluding hydrogens is 390 g/mol. The molecule has 0 saturated heterocycles. The number of carbonyl (C=O) groups excluding carboxylic acids is 2. The predicted molar refractivity (Wildman–Crippen MR) is 119 cm³/mol. The van der Waals surface area contributed by atoms with Gasteiger partial charge in [-0.1, -0.05) is 19.3 Å². The van der Waals surface area contributed by atoms with Crippen molar-refractivity contribution in [2.45, 2.75) is 70.6 Å². The molecular formula is C25H35N3O3. The highest BCUT2D eigenvalue weighted by Gasteiger charge is 2.54. The second-order valence-corrected chi connectivity index (χ2v) is 10.6. The van der Waals surface area contributed by atoms with Crippen LogP contribution in [0.2, 0.25) is 0 Å². The van der Waals surface area contributed by atoms with Crippen LogP contribution in [0, 0.1) is 29.1 Å². The first kappa shape index (κ1) is 20.8. The molecule has 2 amide bonds. The predicted octanol–water partition coefficient (Wildman–Crippen LogP) is 4.31. The summed E-state index contributed by atoms with van der Waals surface area (Å²) >= 11 is 0. The van der Waals surface area contributed by atoms with E-state index in [0.717, 1.165) is 19.3 Å². The lowest BCUT2D eigenvalue weighted by Crippen LogP contribution is -2.54. The molecule has 6 rings (SSSR count). The van der Waals surface area contributed by atoms with Crippen LogP contribution in [-0.2, 0) is 9.59 Å². The quantitative estimate of drug-likeness (QED) is 0.682. The molecule has 5 fully saturated rings. The maximum atomic E-state index is 13.1. The van der Waals surface area contributed by atoms with Crippen LogP contribution in [0.25, 0.3) is 0 Å². The average molecular weight is 426 g/mol. The Balaban J connectivity index is 1.14. The number of ether oxygens (including phenoxy) is 1. The van der Waals surface area contributed by atoms with Crippen molar-refractivity contribution in [1.82, 2.24) is 10.3 Å². The fraction of sp³-hybridized carbons (Fsp3) is 0.720. The van der Waals surface area contributed by atoms with Gasteiger partial charge in [-0.2, -0.15) is 0 Å². The van der Waals surface area contributed by atoms with Crippen molar-refractivity contribution >= 4 is 17.6 Å². The molecule has 5 aliphatic carbocycles. The lowest BCUT2D eigenvalue weighted by Gasteiger charge is -2.55. The Morgan fingerprint density at radius 1 is 1.03 bits per heavy atom. The number of nitrogens with one attached hydrogen (secondary N) is 2. The van der Waals surface area contributed by atoms with Crippen LogP contribution in [0.1, 0.15) is 70.6 Å². The molecule has 5 saturated carbocycles. The van der Waals surface area contributed by atoms with Gasteiger partial charge in [-0.15, -0.1) is 0 Å². The van der Waals surface area contributed by atoms with Crippen molar-refractivity contribution in [3.63, 3.8) is 0 Å². The van der Waals surface area contributed by atoms with E-state index in [-0.39, 0.29) is 23.8 Å². The first-order valence-corrected chi connectivity index (χ1v) is 12.3. The number of rotatable bonds is 7. The minimum absolute atomic E-state index is 0.0147. The van der Waals surface area contributed by atoms with Crippen molar-refractivity contribution in [2.24, 2.45) is 29.1 Å². The summed E-state index contributed by atoms with van der Waals surface area (Å²) < 4.78 is 6.00. The smallest absolute Gasteiger partial charge is 0.245 e. The van der Waals surface area contributed by atoms with E-state index < -0.39 is 0 Å². The summed E-state index contributed by atoms with van der Waals surface area (Å²) in [6.07, 6.45) is 14.8. The molecule has 1 heterocycles. The molecule has 0 aromatic carbocycles. The highest BCUT2D eigenvalue weighted by Crippen LogP contribution is 2.60. The summed E-state index contributed by atoms with van der Waals surface area (Å²) in [6.45, 7) is 0.649. The summed E-state index contributed by atoms with van der Waals surface area (Å²) in [7, 11) is 0. The average Bonchev–Trinajstić information content (AvgIpc) is 2.76. The number of carbonyl (C=O) groups is 2. The molecule has 0 unspecified atom stereocenters. The van der Waals surface area contributed by atoms with Gasteiger partial charge in [-0.3, -0.25) is 9.59 Å². The normalized spacial score (nSPS) is 31.9. The fourth-order valence-electron chi connectivity index (χ4n) is 7.08. The van der Waals surface area contributed by atoms with Gasteiger partial charge in [0.2, 0.25) is 11.8 Å². The highest BCUT2D eigenvalue weighted by atomic mass is 16.5. The second kappa shape index (κ2) is 8.79. The van der Waals surface area contributed by atoms with Crippen molar-refractivity contribution in [1.29, 1.82) is 0 Å². The molecule has 5 aliphatic rings. The molecule has 31 heavy (non-hydrogen) atoms. The first-order valence-electron chi connectivity index (χ1n) is 12.3. The summed E-state index contributed by atoms with van der Waals surface area (Å²) in [6, 6.07) is 3.67. The van der Waals surface area contributed by atoms with Gasteiger partial charge in [0.1, 0.15) is 0 Å². The van der Waals surface area contributed by atoms with Gasteiger partial charge in [-0.05, 0) is 87.2 Å². The number of anilines is 1. The summed E-state index contributed by atoms with van der Waals surface area (Å²) in [4.78, 5) is 29.9. The van der Waals surface area contributed by atoms with Gasteiger partial charge >= 0.3 is 0 Å². The van der Waals surface area contributed by atoms with E-state index in [1.54, 1.807) is 6.20 Å². The molecule has 0 radical (unpaired) electrons. The Labute approximate surface area is 184 Å². The maximum absolute atomic E-state index is 13.1. The van der Waals surface area contributed by atoms with E-state index in [1.807, 2.05) is 12.1 Å². The summed E-state index contributed by atoms with van der Waals surface area (Å²) in [5.74, 6) is 3.59. The first-order chi connectivity index (χ1) is 15.1. The van der Waals surface area contributed by atoms with Crippen LogP contribution in [0.3, 0.4) is 0 Å². The number of pyridine rings is 1. The van der Waals surface area contributed by atoms with Gasteiger partial charge in [0.25, 0.3) is 0 Å². The van der Waals surface area contributed by atoms with Crippen LogP contribution in [0.5, 0.6) is 5.75 Å². The van der Waals surface area contributed by atoms with E-state index in [4.69, 9.17) is 4.74 Å². The standard InChI is InChI=1S/C25H35N3O3/c29-22(15-27-24(30)25-12-18-9-19(13-25)11-20(10-18)14-25)28-23-21(7-4-8-26-23)31-16-17-5-2-1-3-6-17/h4,7-8,17-20H,1-3,5-6,9-16H2,(H,27,30)(H,26,28,29). The van der Waals surface area contributed by atoms with Crippen LogP contribution in [-0.4, -0.2) is 29.9 Å². The van der Waals surface area contributed by atoms with Crippen molar-refractivity contribution in [2.75, 3.05) is 18.5 Å². The lowest BCUT2D eigenvalue weighted by molar-refractivity contribution is -0.146. The van der Waals surface area contributed by atoms with Crippen molar-refractivity contribution in [3.05, 3.63) is 18.3 Å². The molecule has 0 spiro atoms. The van der Waals surface area contributed by atoms with Gasteiger partial charge in [0.05, 0.1) is 13.2 Å². The Kier molecular flexibility index (Phi) is 5.89. The monoisotopic (exact) mass is 425 g/mol. The molecule has 168 valence electrons. The highest BCUT2D eigenvalue weighted by molar-refractivity contribution is 5.95. The zero-order chi connectivity index (χ0) is 21.3. The third-order valence-corrected chi connectivity index (χ3v) is 8.16. The third kappa shape index (κ3) is 4.58. The lowest BCUT2D eigenvalue weighted by atomic mass is 9.49. The number of aromatic nitrogens is 1. The number of hydrogen-bond donors (Lipinski definition) is 2. The van der Waals surface area contributed by atoms with E-state index in [2.05, 4.69) is 15.6 Å². The van der Waals surface area contributed by atoms with Gasteiger partial charge in [0, 0.05) is 11.6 Å². The molecule has 6 nitrogen and oxygen atoms in total. The summed E-state index contributed by atoms with van der Waals surface area (Å²) in [5, 5.41) is 5.78. The third-order valence-electron chi connectivity index (χ3n) is 8.16. The fourth-order valence-corrected chi connectivity index (χ4v) is 7.08. The molecule has 6 heteroatoms. The van der Waals surface area contributed by atoms with Crippen LogP contribution in [0.4, 0.5) is 5.82 Å². The van der Waals surface area contributed by atoms with E-state index in [9.17, 15) is 9.59 Å². The van der Waals surface area contributed by atoms with E-state index in [1.165, 1.54) is 51.4 Å². The summed E-state index contributed by atoms with van der Waals surface area (Å²) in [5.41, 5.74) is -0.228.